The van der Waals surface area contributed by atoms with Crippen molar-refractivity contribution in [3.05, 3.63) is 74.3 Å². The Morgan fingerprint density at radius 3 is 2.50 bits per heavy atom. The molecule has 174 valence electrons. The highest BCUT2D eigenvalue weighted by Crippen LogP contribution is 2.30. The van der Waals surface area contributed by atoms with E-state index in [4.69, 9.17) is 23.2 Å². The molecule has 0 saturated carbocycles. The number of aromatic nitrogens is 1. The van der Waals surface area contributed by atoms with Crippen molar-refractivity contribution in [1.82, 2.24) is 9.47 Å². The van der Waals surface area contributed by atoms with Crippen LogP contribution in [0.2, 0.25) is 10.0 Å². The number of rotatable bonds is 4. The Morgan fingerprint density at radius 2 is 1.74 bits per heavy atom. The van der Waals surface area contributed by atoms with E-state index in [1.165, 1.54) is 4.57 Å². The van der Waals surface area contributed by atoms with Gasteiger partial charge in [0, 0.05) is 45.5 Å². The Kier molecular flexibility index (Phi) is 6.34. The topological polar surface area (TPSA) is 71.4 Å². The van der Waals surface area contributed by atoms with Gasteiger partial charge in [0.25, 0.3) is 0 Å². The number of hydrogen-bond donors (Lipinski definition) is 1. The first-order valence-electron chi connectivity index (χ1n) is 11.0. The third kappa shape index (κ3) is 4.43. The van der Waals surface area contributed by atoms with E-state index in [0.717, 1.165) is 32.5 Å². The maximum absolute atomic E-state index is 12.9. The summed E-state index contributed by atoms with van der Waals surface area (Å²) in [6, 6.07) is 16.5. The lowest BCUT2D eigenvalue weighted by molar-refractivity contribution is -0.135. The molecule has 2 heterocycles. The third-order valence-corrected chi connectivity index (χ3v) is 7.79. The Labute approximate surface area is 209 Å². The van der Waals surface area contributed by atoms with Gasteiger partial charge < -0.3 is 10.2 Å². The molecule has 1 aliphatic heterocycles. The van der Waals surface area contributed by atoms with Gasteiger partial charge >= 0.3 is 4.87 Å². The molecular weight excluding hydrogens is 493 g/mol. The quantitative estimate of drug-likeness (QED) is 0.397. The van der Waals surface area contributed by atoms with Gasteiger partial charge in [-0.25, -0.2) is 0 Å². The van der Waals surface area contributed by atoms with E-state index in [1.54, 1.807) is 29.2 Å². The SMILES string of the molecule is O=C(Nc1ccc(Cl)c2ccccc12)C1CCN(C(=O)Cn2c(=O)sc3ccc(Cl)cc32)CC1. The number of anilines is 1. The molecule has 0 radical (unpaired) electrons. The van der Waals surface area contributed by atoms with E-state index in [9.17, 15) is 14.4 Å². The van der Waals surface area contributed by atoms with Crippen molar-refractivity contribution in [3.63, 3.8) is 0 Å². The number of benzene rings is 3. The van der Waals surface area contributed by atoms with Crippen LogP contribution in [0.5, 0.6) is 0 Å². The molecule has 0 bridgehead atoms. The largest absolute Gasteiger partial charge is 0.341 e. The summed E-state index contributed by atoms with van der Waals surface area (Å²) in [5, 5.41) is 5.98. The van der Waals surface area contributed by atoms with Gasteiger partial charge in [0.2, 0.25) is 11.8 Å². The molecule has 1 aromatic heterocycles. The minimum absolute atomic E-state index is 0.0349. The molecule has 5 rings (SSSR count). The molecule has 6 nitrogen and oxygen atoms in total. The van der Waals surface area contributed by atoms with Gasteiger partial charge in [0.15, 0.2) is 0 Å². The van der Waals surface area contributed by atoms with Crippen molar-refractivity contribution in [2.24, 2.45) is 5.92 Å². The van der Waals surface area contributed by atoms with E-state index < -0.39 is 0 Å². The fourth-order valence-electron chi connectivity index (χ4n) is 4.42. The average Bonchev–Trinajstić information content (AvgIpc) is 3.15. The average molecular weight is 514 g/mol. The minimum Gasteiger partial charge on any atom is -0.341 e. The zero-order chi connectivity index (χ0) is 23.8. The van der Waals surface area contributed by atoms with Gasteiger partial charge in [-0.15, -0.1) is 0 Å². The zero-order valence-corrected chi connectivity index (χ0v) is 20.4. The van der Waals surface area contributed by atoms with E-state index in [2.05, 4.69) is 5.32 Å². The number of carbonyl (C=O) groups is 2. The van der Waals surface area contributed by atoms with Crippen molar-refractivity contribution in [2.75, 3.05) is 18.4 Å². The number of thiazole rings is 1. The van der Waals surface area contributed by atoms with Crippen molar-refractivity contribution in [1.29, 1.82) is 0 Å². The number of fused-ring (bicyclic) bond motifs is 2. The summed E-state index contributed by atoms with van der Waals surface area (Å²) in [6.07, 6.45) is 1.13. The second-order valence-electron chi connectivity index (χ2n) is 8.35. The van der Waals surface area contributed by atoms with Crippen molar-refractivity contribution < 1.29 is 9.59 Å². The molecule has 1 aliphatic rings. The van der Waals surface area contributed by atoms with Crippen LogP contribution < -0.4 is 10.2 Å². The number of piperidine rings is 1. The summed E-state index contributed by atoms with van der Waals surface area (Å²) >= 11 is 13.5. The summed E-state index contributed by atoms with van der Waals surface area (Å²) in [7, 11) is 0. The smallest absolute Gasteiger partial charge is 0.308 e. The van der Waals surface area contributed by atoms with Gasteiger partial charge in [0.05, 0.1) is 10.2 Å². The maximum atomic E-state index is 12.9. The normalized spacial score (nSPS) is 14.6. The third-order valence-electron chi connectivity index (χ3n) is 6.27. The van der Waals surface area contributed by atoms with Gasteiger partial charge in [-0.3, -0.25) is 19.0 Å². The van der Waals surface area contributed by atoms with Gasteiger partial charge in [-0.05, 0) is 43.2 Å². The number of amides is 2. The summed E-state index contributed by atoms with van der Waals surface area (Å²) in [6.45, 7) is 0.901. The molecular formula is C25H21Cl2N3O3S. The van der Waals surface area contributed by atoms with Crippen molar-refractivity contribution in [3.8, 4) is 0 Å². The minimum atomic E-state index is -0.193. The zero-order valence-electron chi connectivity index (χ0n) is 18.1. The first kappa shape index (κ1) is 22.9. The highest BCUT2D eigenvalue weighted by molar-refractivity contribution is 7.16. The summed E-state index contributed by atoms with van der Waals surface area (Å²) < 4.78 is 2.27. The van der Waals surface area contributed by atoms with Crippen LogP contribution in [0.3, 0.4) is 0 Å². The molecule has 34 heavy (non-hydrogen) atoms. The Morgan fingerprint density at radius 1 is 1.00 bits per heavy atom. The molecule has 1 N–H and O–H groups in total. The number of likely N-dealkylation sites (tertiary alicyclic amines) is 1. The molecule has 0 aliphatic carbocycles. The van der Waals surface area contributed by atoms with Crippen LogP contribution in [-0.4, -0.2) is 34.4 Å². The Balaban J connectivity index is 1.23. The molecule has 3 aromatic carbocycles. The number of halogens is 2. The predicted octanol–water partition coefficient (Wildman–Crippen LogP) is 5.40. The monoisotopic (exact) mass is 513 g/mol. The van der Waals surface area contributed by atoms with Crippen LogP contribution in [-0.2, 0) is 16.1 Å². The van der Waals surface area contributed by atoms with Crippen LogP contribution in [0.4, 0.5) is 5.69 Å². The predicted molar refractivity (Wildman–Crippen MR) is 138 cm³/mol. The highest BCUT2D eigenvalue weighted by Gasteiger charge is 2.28. The Bertz CT molecular complexity index is 1470. The molecule has 9 heteroatoms. The van der Waals surface area contributed by atoms with E-state index >= 15 is 0 Å². The fraction of sp³-hybridized carbons (Fsp3) is 0.240. The van der Waals surface area contributed by atoms with Gasteiger partial charge in [0.1, 0.15) is 6.54 Å². The molecule has 1 saturated heterocycles. The maximum Gasteiger partial charge on any atom is 0.308 e. The summed E-state index contributed by atoms with van der Waals surface area (Å²) in [5.74, 6) is -0.388. The van der Waals surface area contributed by atoms with E-state index in [-0.39, 0.29) is 29.1 Å². The first-order valence-corrected chi connectivity index (χ1v) is 12.5. The van der Waals surface area contributed by atoms with Gasteiger partial charge in [-0.1, -0.05) is 58.8 Å². The number of hydrogen-bond acceptors (Lipinski definition) is 4. The molecule has 4 aromatic rings. The van der Waals surface area contributed by atoms with Gasteiger partial charge in [-0.2, -0.15) is 0 Å². The molecule has 0 unspecified atom stereocenters. The molecule has 2 amide bonds. The Hall–Kier alpha value is -2.87. The van der Waals surface area contributed by atoms with Crippen LogP contribution in [0.25, 0.3) is 21.0 Å². The van der Waals surface area contributed by atoms with Crippen molar-refractivity contribution >= 4 is 73.0 Å². The van der Waals surface area contributed by atoms with Crippen LogP contribution in [0.15, 0.2) is 59.4 Å². The molecule has 1 fully saturated rings. The summed E-state index contributed by atoms with van der Waals surface area (Å²) in [4.78, 5) is 39.8. The van der Waals surface area contributed by atoms with E-state index in [1.807, 2.05) is 30.3 Å². The lowest BCUT2D eigenvalue weighted by Crippen LogP contribution is -2.43. The van der Waals surface area contributed by atoms with Crippen LogP contribution >= 0.6 is 34.5 Å². The van der Waals surface area contributed by atoms with E-state index in [0.29, 0.717) is 41.5 Å². The molecule has 0 atom stereocenters. The van der Waals surface area contributed by atoms with Crippen molar-refractivity contribution in [2.45, 2.75) is 19.4 Å². The second-order valence-corrected chi connectivity index (χ2v) is 10.2. The fourth-order valence-corrected chi connectivity index (χ4v) is 5.68. The van der Waals surface area contributed by atoms with Crippen LogP contribution in [0, 0.1) is 5.92 Å². The summed E-state index contributed by atoms with van der Waals surface area (Å²) in [5.41, 5.74) is 1.39. The standard InChI is InChI=1S/C25H21Cl2N3O3S/c26-16-5-8-22-21(13-16)30(25(33)34-22)14-23(31)29-11-9-15(10-12-29)24(32)28-20-7-6-19(27)17-3-1-2-4-18(17)20/h1-8,13,15H,9-12,14H2,(H,28,32). The number of carbonyl (C=O) groups excluding carboxylic acids is 2. The first-order chi connectivity index (χ1) is 16.4. The lowest BCUT2D eigenvalue weighted by atomic mass is 9.95. The lowest BCUT2D eigenvalue weighted by Gasteiger charge is -2.31. The molecule has 0 spiro atoms. The number of nitrogens with zero attached hydrogens (tertiary/aromatic N) is 2. The highest BCUT2D eigenvalue weighted by atomic mass is 35.5. The number of nitrogens with one attached hydrogen (secondary N) is 1. The second kappa shape index (κ2) is 9.41. The van der Waals surface area contributed by atoms with Crippen LogP contribution in [0.1, 0.15) is 12.8 Å².